The van der Waals surface area contributed by atoms with Gasteiger partial charge in [0, 0.05) is 31.0 Å². The fraction of sp³-hybridized carbons (Fsp3) is 0.933. The van der Waals surface area contributed by atoms with E-state index in [9.17, 15) is 0 Å². The quantitative estimate of drug-likeness (QED) is 0.331. The van der Waals surface area contributed by atoms with Gasteiger partial charge in [0.2, 0.25) is 0 Å². The zero-order valence-electron chi connectivity index (χ0n) is 13.6. The van der Waals surface area contributed by atoms with Crippen LogP contribution in [-0.4, -0.2) is 47.8 Å². The van der Waals surface area contributed by atoms with Crippen LogP contribution < -0.4 is 10.6 Å². The second-order valence-electron chi connectivity index (χ2n) is 5.59. The molecule has 3 unspecified atom stereocenters. The smallest absolute Gasteiger partial charge is 0.191 e. The lowest BCUT2D eigenvalue weighted by Gasteiger charge is -2.30. The van der Waals surface area contributed by atoms with Crippen LogP contribution in [-0.2, 0) is 0 Å². The Hall–Kier alpha value is 0.310. The third-order valence-electron chi connectivity index (χ3n) is 3.59. The number of guanidine groups is 1. The lowest BCUT2D eigenvalue weighted by Crippen LogP contribution is -2.46. The van der Waals surface area contributed by atoms with Crippen LogP contribution in [0.4, 0.5) is 0 Å². The molecule has 1 saturated carbocycles. The van der Waals surface area contributed by atoms with Crippen molar-refractivity contribution in [3.8, 4) is 0 Å². The topological polar surface area (TPSA) is 56.7 Å². The van der Waals surface area contributed by atoms with Gasteiger partial charge in [0.1, 0.15) is 0 Å². The highest BCUT2D eigenvalue weighted by Gasteiger charge is 2.22. The molecule has 1 aliphatic carbocycles. The molecular formula is C15H32IN3OS. The summed E-state index contributed by atoms with van der Waals surface area (Å²) < 4.78 is 0. The third kappa shape index (κ3) is 9.13. The molecule has 6 heteroatoms. The van der Waals surface area contributed by atoms with Crippen molar-refractivity contribution >= 4 is 41.7 Å². The van der Waals surface area contributed by atoms with E-state index in [0.29, 0.717) is 12.6 Å². The summed E-state index contributed by atoms with van der Waals surface area (Å²) in [6.45, 7) is 8.08. The van der Waals surface area contributed by atoms with Crippen molar-refractivity contribution in [2.75, 3.05) is 25.4 Å². The van der Waals surface area contributed by atoms with Crippen LogP contribution in [0.1, 0.15) is 46.5 Å². The molecular weight excluding hydrogens is 397 g/mol. The molecule has 0 amide bonds. The highest BCUT2D eigenvalue weighted by molar-refractivity contribution is 14.0. The van der Waals surface area contributed by atoms with Crippen molar-refractivity contribution in [3.05, 3.63) is 0 Å². The van der Waals surface area contributed by atoms with Crippen molar-refractivity contribution in [1.29, 1.82) is 0 Å². The maximum Gasteiger partial charge on any atom is 0.191 e. The molecule has 1 aliphatic rings. The minimum atomic E-state index is 0. The first kappa shape index (κ1) is 21.3. The van der Waals surface area contributed by atoms with Crippen LogP contribution in [0.15, 0.2) is 4.99 Å². The van der Waals surface area contributed by atoms with Crippen LogP contribution in [0.5, 0.6) is 0 Å². The Morgan fingerprint density at radius 3 is 2.76 bits per heavy atom. The molecule has 0 aliphatic heterocycles. The van der Waals surface area contributed by atoms with Crippen LogP contribution in [0.25, 0.3) is 0 Å². The van der Waals surface area contributed by atoms with Gasteiger partial charge >= 0.3 is 0 Å². The van der Waals surface area contributed by atoms with Gasteiger partial charge < -0.3 is 15.7 Å². The molecule has 4 nitrogen and oxygen atoms in total. The number of halogens is 1. The molecule has 0 aromatic rings. The summed E-state index contributed by atoms with van der Waals surface area (Å²) in [6, 6.07) is 0.537. The minimum Gasteiger partial charge on any atom is -0.396 e. The fourth-order valence-electron chi connectivity index (χ4n) is 2.48. The monoisotopic (exact) mass is 429 g/mol. The van der Waals surface area contributed by atoms with Crippen molar-refractivity contribution in [2.45, 2.75) is 57.7 Å². The number of rotatable bonds is 7. The van der Waals surface area contributed by atoms with E-state index >= 15 is 0 Å². The third-order valence-corrected chi connectivity index (χ3v) is 4.82. The van der Waals surface area contributed by atoms with Crippen molar-refractivity contribution in [3.63, 3.8) is 0 Å². The second kappa shape index (κ2) is 12.8. The highest BCUT2D eigenvalue weighted by Crippen LogP contribution is 2.28. The lowest BCUT2D eigenvalue weighted by molar-refractivity contribution is 0.241. The second-order valence-corrected chi connectivity index (χ2v) is 7.17. The highest BCUT2D eigenvalue weighted by atomic mass is 127. The van der Waals surface area contributed by atoms with Gasteiger partial charge in [-0.15, -0.1) is 24.0 Å². The standard InChI is InChI=1S/C15H31N3OS.HI/c1-4-16-15(17-10-12(3)11-19)18-13-7-6-8-14(9-13)20-5-2;/h12-14,19H,4-11H2,1-3H3,(H2,16,17,18);1H. The van der Waals surface area contributed by atoms with E-state index in [-0.39, 0.29) is 36.5 Å². The average Bonchev–Trinajstić information content (AvgIpc) is 2.45. The van der Waals surface area contributed by atoms with Crippen molar-refractivity contribution in [1.82, 2.24) is 10.6 Å². The molecule has 0 radical (unpaired) electrons. The van der Waals surface area contributed by atoms with Gasteiger partial charge in [0.15, 0.2) is 5.96 Å². The number of hydrogen-bond donors (Lipinski definition) is 3. The first-order valence-electron chi connectivity index (χ1n) is 7.96. The SMILES string of the molecule is CCNC(=NCC(C)CO)NC1CCCC(SCC)C1.I. The van der Waals surface area contributed by atoms with Gasteiger partial charge in [-0.1, -0.05) is 20.3 Å². The molecule has 1 rings (SSSR count). The van der Waals surface area contributed by atoms with Gasteiger partial charge in [-0.05, 0) is 37.9 Å². The van der Waals surface area contributed by atoms with Crippen LogP contribution in [0, 0.1) is 5.92 Å². The molecule has 0 saturated heterocycles. The Labute approximate surface area is 151 Å². The summed E-state index contributed by atoms with van der Waals surface area (Å²) in [4.78, 5) is 4.58. The summed E-state index contributed by atoms with van der Waals surface area (Å²) >= 11 is 2.08. The molecule has 0 aromatic heterocycles. The number of aliphatic hydroxyl groups is 1. The molecule has 0 bridgehead atoms. The van der Waals surface area contributed by atoms with E-state index in [4.69, 9.17) is 5.11 Å². The van der Waals surface area contributed by atoms with E-state index in [1.54, 1.807) is 0 Å². The fourth-order valence-corrected chi connectivity index (χ4v) is 3.65. The largest absolute Gasteiger partial charge is 0.396 e. The van der Waals surface area contributed by atoms with Gasteiger partial charge in [-0.2, -0.15) is 11.8 Å². The van der Waals surface area contributed by atoms with Gasteiger partial charge in [-0.3, -0.25) is 4.99 Å². The Morgan fingerprint density at radius 2 is 2.14 bits per heavy atom. The predicted molar refractivity (Wildman–Crippen MR) is 105 cm³/mol. The zero-order chi connectivity index (χ0) is 14.8. The van der Waals surface area contributed by atoms with Crippen LogP contribution in [0.3, 0.4) is 0 Å². The molecule has 3 N–H and O–H groups in total. The number of hydrogen-bond acceptors (Lipinski definition) is 3. The molecule has 21 heavy (non-hydrogen) atoms. The van der Waals surface area contributed by atoms with Gasteiger partial charge in [0.05, 0.1) is 0 Å². The average molecular weight is 429 g/mol. The van der Waals surface area contributed by atoms with E-state index in [2.05, 4.69) is 41.2 Å². The Bertz CT molecular complexity index is 290. The molecule has 126 valence electrons. The zero-order valence-corrected chi connectivity index (χ0v) is 16.7. The summed E-state index contributed by atoms with van der Waals surface area (Å²) in [5.74, 6) is 2.33. The molecule has 1 fully saturated rings. The van der Waals surface area contributed by atoms with Crippen LogP contribution in [0.2, 0.25) is 0 Å². The van der Waals surface area contributed by atoms with Crippen molar-refractivity contribution in [2.24, 2.45) is 10.9 Å². The van der Waals surface area contributed by atoms with E-state index < -0.39 is 0 Å². The molecule has 0 heterocycles. The number of nitrogens with zero attached hydrogens (tertiary/aromatic N) is 1. The summed E-state index contributed by atoms with van der Waals surface area (Å²) in [7, 11) is 0. The maximum absolute atomic E-state index is 9.08. The molecule has 0 spiro atoms. The van der Waals surface area contributed by atoms with Crippen LogP contribution >= 0.6 is 35.7 Å². The van der Waals surface area contributed by atoms with Crippen molar-refractivity contribution < 1.29 is 5.11 Å². The first-order chi connectivity index (χ1) is 9.69. The van der Waals surface area contributed by atoms with E-state index in [0.717, 1.165) is 17.8 Å². The van der Waals surface area contributed by atoms with E-state index in [1.807, 2.05) is 6.92 Å². The Morgan fingerprint density at radius 1 is 1.38 bits per heavy atom. The van der Waals surface area contributed by atoms with E-state index in [1.165, 1.54) is 31.4 Å². The maximum atomic E-state index is 9.08. The number of nitrogens with one attached hydrogen (secondary N) is 2. The molecule has 3 atom stereocenters. The van der Waals surface area contributed by atoms with Gasteiger partial charge in [-0.25, -0.2) is 0 Å². The first-order valence-corrected chi connectivity index (χ1v) is 9.01. The lowest BCUT2D eigenvalue weighted by atomic mass is 9.95. The van der Waals surface area contributed by atoms with Gasteiger partial charge in [0.25, 0.3) is 0 Å². The minimum absolute atomic E-state index is 0. The summed E-state index contributed by atoms with van der Waals surface area (Å²) in [6.07, 6.45) is 5.13. The Balaban J connectivity index is 0.00000400. The normalized spacial score (nSPS) is 24.1. The predicted octanol–water partition coefficient (Wildman–Crippen LogP) is 2.85. The number of thioether (sulfide) groups is 1. The molecule has 0 aromatic carbocycles. The number of aliphatic imine (C=N–C) groups is 1. The Kier molecular flexibility index (Phi) is 13.0. The summed E-state index contributed by atoms with van der Waals surface area (Å²) in [5, 5.41) is 16.8. The summed E-state index contributed by atoms with van der Waals surface area (Å²) in [5.41, 5.74) is 0. The number of aliphatic hydroxyl groups excluding tert-OH is 1.